The highest BCUT2D eigenvalue weighted by Crippen LogP contribution is 2.31. The summed E-state index contributed by atoms with van der Waals surface area (Å²) < 4.78 is 1.51. The van der Waals surface area contributed by atoms with Gasteiger partial charge in [0, 0.05) is 24.8 Å². The molecule has 0 radical (unpaired) electrons. The molecular formula is C18H18N6O2. The number of piperidine rings is 1. The molecule has 8 nitrogen and oxygen atoms in total. The molecule has 1 N–H and O–H groups in total. The first-order chi connectivity index (χ1) is 12.7. The van der Waals surface area contributed by atoms with E-state index < -0.39 is 5.60 Å². The first-order valence-corrected chi connectivity index (χ1v) is 8.42. The van der Waals surface area contributed by atoms with Crippen molar-refractivity contribution in [3.05, 3.63) is 66.2 Å². The monoisotopic (exact) mass is 350 g/mol. The molecule has 1 aromatic carbocycles. The van der Waals surface area contributed by atoms with Crippen LogP contribution in [0.5, 0.6) is 0 Å². The van der Waals surface area contributed by atoms with Gasteiger partial charge in [0.15, 0.2) is 0 Å². The number of nitrogens with zero attached hydrogens (tertiary/aromatic N) is 6. The van der Waals surface area contributed by atoms with Gasteiger partial charge in [0.05, 0.1) is 11.4 Å². The molecule has 0 bridgehead atoms. The van der Waals surface area contributed by atoms with Crippen molar-refractivity contribution in [3.8, 4) is 5.69 Å². The van der Waals surface area contributed by atoms with E-state index in [-0.39, 0.29) is 5.91 Å². The number of carbonyl (C=O) groups excluding carboxylic acids is 1. The van der Waals surface area contributed by atoms with E-state index in [4.69, 9.17) is 0 Å². The van der Waals surface area contributed by atoms with E-state index in [1.165, 1.54) is 11.0 Å². The molecular weight excluding hydrogens is 332 g/mol. The quantitative estimate of drug-likeness (QED) is 0.762. The summed E-state index contributed by atoms with van der Waals surface area (Å²) in [6.07, 6.45) is 4.08. The minimum absolute atomic E-state index is 0.0667. The van der Waals surface area contributed by atoms with Crippen LogP contribution in [0, 0.1) is 0 Å². The molecule has 1 saturated heterocycles. The Kier molecular flexibility index (Phi) is 4.18. The third-order valence-electron chi connectivity index (χ3n) is 4.73. The summed E-state index contributed by atoms with van der Waals surface area (Å²) in [6.45, 7) is 0.946. The molecule has 1 fully saturated rings. The van der Waals surface area contributed by atoms with Crippen molar-refractivity contribution in [1.29, 1.82) is 0 Å². The summed E-state index contributed by atoms with van der Waals surface area (Å²) in [7, 11) is 0. The van der Waals surface area contributed by atoms with Crippen LogP contribution in [0.4, 0.5) is 0 Å². The lowest BCUT2D eigenvalue weighted by molar-refractivity contribution is -0.0244. The Morgan fingerprint density at radius 1 is 1.12 bits per heavy atom. The number of hydrogen-bond acceptors (Lipinski definition) is 6. The second kappa shape index (κ2) is 6.64. The highest BCUT2D eigenvalue weighted by Gasteiger charge is 2.36. The van der Waals surface area contributed by atoms with Crippen molar-refractivity contribution >= 4 is 5.91 Å². The normalized spacial score (nSPS) is 16.4. The van der Waals surface area contributed by atoms with Gasteiger partial charge in [-0.05, 0) is 53.6 Å². The SMILES string of the molecule is O=C(c1cccc(-n2cnnn2)c1)N1CCC(O)(c2ccccn2)CC1. The maximum Gasteiger partial charge on any atom is 0.253 e. The second-order valence-electron chi connectivity index (χ2n) is 6.34. The first kappa shape index (κ1) is 16.3. The van der Waals surface area contributed by atoms with Crippen molar-refractivity contribution in [1.82, 2.24) is 30.1 Å². The van der Waals surface area contributed by atoms with Gasteiger partial charge in [0.2, 0.25) is 0 Å². The topological polar surface area (TPSA) is 97.0 Å². The molecule has 0 unspecified atom stereocenters. The number of aliphatic hydroxyl groups is 1. The Morgan fingerprint density at radius 3 is 2.65 bits per heavy atom. The Hall–Kier alpha value is -3.13. The van der Waals surface area contributed by atoms with Crippen LogP contribution in [-0.4, -0.2) is 54.2 Å². The molecule has 3 aromatic rings. The smallest absolute Gasteiger partial charge is 0.253 e. The molecule has 8 heteroatoms. The standard InChI is InChI=1S/C18H18N6O2/c25-17(14-4-3-5-15(12-14)24-13-20-21-22-24)23-10-7-18(26,8-11-23)16-6-1-2-9-19-16/h1-6,9,12-13,26H,7-8,10-11H2. The van der Waals surface area contributed by atoms with Crippen molar-refractivity contribution in [2.75, 3.05) is 13.1 Å². The maximum atomic E-state index is 12.8. The molecule has 1 amide bonds. The number of tetrazole rings is 1. The fourth-order valence-corrected chi connectivity index (χ4v) is 3.22. The van der Waals surface area contributed by atoms with Crippen LogP contribution in [0.3, 0.4) is 0 Å². The zero-order valence-corrected chi connectivity index (χ0v) is 14.1. The van der Waals surface area contributed by atoms with Gasteiger partial charge in [-0.3, -0.25) is 9.78 Å². The van der Waals surface area contributed by atoms with Crippen LogP contribution in [0.2, 0.25) is 0 Å². The van der Waals surface area contributed by atoms with Gasteiger partial charge in [-0.25, -0.2) is 4.68 Å². The van der Waals surface area contributed by atoms with Crippen LogP contribution in [0.1, 0.15) is 28.9 Å². The minimum atomic E-state index is -0.980. The van der Waals surface area contributed by atoms with Crippen LogP contribution >= 0.6 is 0 Å². The molecule has 0 spiro atoms. The number of benzene rings is 1. The average Bonchev–Trinajstić information content (AvgIpc) is 3.24. The number of aromatic nitrogens is 5. The number of amides is 1. The first-order valence-electron chi connectivity index (χ1n) is 8.42. The van der Waals surface area contributed by atoms with Crippen molar-refractivity contribution in [2.24, 2.45) is 0 Å². The number of rotatable bonds is 3. The van der Waals surface area contributed by atoms with Gasteiger partial charge in [0.25, 0.3) is 5.91 Å². The van der Waals surface area contributed by atoms with E-state index in [9.17, 15) is 9.90 Å². The second-order valence-corrected chi connectivity index (χ2v) is 6.34. The molecule has 3 heterocycles. The van der Waals surface area contributed by atoms with E-state index in [1.54, 1.807) is 29.3 Å². The summed E-state index contributed by atoms with van der Waals surface area (Å²) in [4.78, 5) is 18.9. The van der Waals surface area contributed by atoms with Gasteiger partial charge in [-0.1, -0.05) is 12.1 Å². The predicted molar refractivity (Wildman–Crippen MR) is 92.4 cm³/mol. The zero-order valence-electron chi connectivity index (χ0n) is 14.1. The molecule has 26 heavy (non-hydrogen) atoms. The van der Waals surface area contributed by atoms with Gasteiger partial charge < -0.3 is 10.0 Å². The summed E-state index contributed by atoms with van der Waals surface area (Å²) in [5, 5.41) is 21.9. The average molecular weight is 350 g/mol. The lowest BCUT2D eigenvalue weighted by Gasteiger charge is -2.37. The number of carbonyl (C=O) groups is 1. The molecule has 0 atom stereocenters. The number of hydrogen-bond donors (Lipinski definition) is 1. The Bertz CT molecular complexity index is 889. The lowest BCUT2D eigenvalue weighted by Crippen LogP contribution is -2.45. The fourth-order valence-electron chi connectivity index (χ4n) is 3.22. The summed E-state index contributed by atoms with van der Waals surface area (Å²) >= 11 is 0. The van der Waals surface area contributed by atoms with E-state index >= 15 is 0 Å². The molecule has 132 valence electrons. The van der Waals surface area contributed by atoms with Gasteiger partial charge >= 0.3 is 0 Å². The molecule has 0 saturated carbocycles. The van der Waals surface area contributed by atoms with E-state index in [1.807, 2.05) is 24.3 Å². The Morgan fingerprint density at radius 2 is 1.96 bits per heavy atom. The summed E-state index contributed by atoms with van der Waals surface area (Å²) in [6, 6.07) is 12.7. The van der Waals surface area contributed by atoms with E-state index in [0.29, 0.717) is 37.2 Å². The van der Waals surface area contributed by atoms with Gasteiger partial charge in [-0.2, -0.15) is 0 Å². The minimum Gasteiger partial charge on any atom is -0.383 e. The highest BCUT2D eigenvalue weighted by molar-refractivity contribution is 5.94. The predicted octanol–water partition coefficient (Wildman–Crippen LogP) is 1.18. The zero-order chi connectivity index (χ0) is 18.0. The van der Waals surface area contributed by atoms with Crippen LogP contribution in [0.15, 0.2) is 55.0 Å². The van der Waals surface area contributed by atoms with Gasteiger partial charge in [0.1, 0.15) is 11.9 Å². The van der Waals surface area contributed by atoms with Crippen LogP contribution < -0.4 is 0 Å². The molecule has 2 aromatic heterocycles. The summed E-state index contributed by atoms with van der Waals surface area (Å²) in [5.41, 5.74) is 0.976. The number of pyridine rings is 1. The third-order valence-corrected chi connectivity index (χ3v) is 4.73. The van der Waals surface area contributed by atoms with Crippen LogP contribution in [0.25, 0.3) is 5.69 Å². The summed E-state index contributed by atoms with van der Waals surface area (Å²) in [5.74, 6) is -0.0667. The Balaban J connectivity index is 1.48. The third kappa shape index (κ3) is 3.06. The Labute approximate surface area is 150 Å². The van der Waals surface area contributed by atoms with E-state index in [0.717, 1.165) is 5.69 Å². The van der Waals surface area contributed by atoms with E-state index in [2.05, 4.69) is 20.5 Å². The highest BCUT2D eigenvalue weighted by atomic mass is 16.3. The van der Waals surface area contributed by atoms with Crippen molar-refractivity contribution in [2.45, 2.75) is 18.4 Å². The van der Waals surface area contributed by atoms with Gasteiger partial charge in [-0.15, -0.1) is 5.10 Å². The molecule has 1 aliphatic rings. The number of likely N-dealkylation sites (tertiary alicyclic amines) is 1. The van der Waals surface area contributed by atoms with Crippen molar-refractivity contribution < 1.29 is 9.90 Å². The maximum absolute atomic E-state index is 12.8. The largest absolute Gasteiger partial charge is 0.383 e. The fraction of sp³-hybridized carbons (Fsp3) is 0.278. The lowest BCUT2D eigenvalue weighted by atomic mass is 9.87. The molecule has 4 rings (SSSR count). The van der Waals surface area contributed by atoms with Crippen LogP contribution in [-0.2, 0) is 5.60 Å². The molecule has 0 aliphatic carbocycles. The van der Waals surface area contributed by atoms with Crippen molar-refractivity contribution in [3.63, 3.8) is 0 Å². The molecule has 1 aliphatic heterocycles.